The number of aliphatic hydroxyl groups excluding tert-OH is 1. The summed E-state index contributed by atoms with van der Waals surface area (Å²) in [5.41, 5.74) is 2.68. The lowest BCUT2D eigenvalue weighted by atomic mass is 9.98. The van der Waals surface area contributed by atoms with E-state index < -0.39 is 23.8 Å². The van der Waals surface area contributed by atoms with Crippen molar-refractivity contribution in [3.8, 4) is 11.4 Å². The molecule has 0 radical (unpaired) electrons. The molecule has 1 aromatic heterocycles. The Morgan fingerprint density at radius 3 is 2.69 bits per heavy atom. The van der Waals surface area contributed by atoms with Crippen molar-refractivity contribution in [1.29, 1.82) is 0 Å². The summed E-state index contributed by atoms with van der Waals surface area (Å²) in [5.74, 6) is 0.565. The maximum atomic E-state index is 13.4. The molecule has 2 aliphatic rings. The van der Waals surface area contributed by atoms with Gasteiger partial charge in [-0.1, -0.05) is 6.07 Å². The third kappa shape index (κ3) is 5.51. The summed E-state index contributed by atoms with van der Waals surface area (Å²) in [6.07, 6.45) is 5.69. The number of methoxy groups -OCH3 is 1. The summed E-state index contributed by atoms with van der Waals surface area (Å²) in [6.45, 7) is 8.28. The summed E-state index contributed by atoms with van der Waals surface area (Å²) >= 11 is 0. The quantitative estimate of drug-likeness (QED) is 0.673. The number of benzene rings is 1. The molecule has 2 aromatic rings. The van der Waals surface area contributed by atoms with Crippen LogP contribution in [0.2, 0.25) is 0 Å². The number of β-amino-alcohol motifs (C(OH)–C–C–N with tert-alkyl or cyclic N) is 1. The third-order valence-corrected chi connectivity index (χ3v) is 6.23. The van der Waals surface area contributed by atoms with Crippen LogP contribution in [0, 0.1) is 6.92 Å². The van der Waals surface area contributed by atoms with Crippen molar-refractivity contribution in [2.75, 3.05) is 26.7 Å². The molecular weight excluding hydrogens is 448 g/mol. The molecule has 2 fully saturated rings. The Morgan fingerprint density at radius 1 is 1.26 bits per heavy atom. The summed E-state index contributed by atoms with van der Waals surface area (Å²) in [6, 6.07) is 5.33. The zero-order valence-electron chi connectivity index (χ0n) is 21.0. The Bertz CT molecular complexity index is 1130. The van der Waals surface area contributed by atoms with Crippen LogP contribution in [0.1, 0.15) is 44.9 Å². The molecule has 4 rings (SSSR count). The minimum absolute atomic E-state index is 0.111. The number of amides is 2. The van der Waals surface area contributed by atoms with Gasteiger partial charge in [-0.05, 0) is 64.3 Å². The average molecular weight is 483 g/mol. The number of aryl methyl sites for hydroxylation is 1. The predicted octanol–water partition coefficient (Wildman–Crippen LogP) is 3.18. The molecule has 1 aromatic carbocycles. The second-order valence-corrected chi connectivity index (χ2v) is 10.1. The lowest BCUT2D eigenvalue weighted by Crippen LogP contribution is -2.49. The standard InChI is InChI=1S/C26H34N4O5/c1-17-13-29(16-27-17)20-9-8-18(12-23(20)34-5)11-19-7-6-10-30(24(19)32)21-14-28(15-22(21)31)25(33)35-26(2,3)4/h8-9,11-13,16,21-22,31H,6-7,10,14-15H2,1-5H3/b19-11+/t21-,22+/m1/s1. The summed E-state index contributed by atoms with van der Waals surface area (Å²) in [5, 5.41) is 10.7. The molecule has 2 amide bonds. The number of nitrogens with zero attached hydrogens (tertiary/aromatic N) is 4. The predicted molar refractivity (Wildman–Crippen MR) is 131 cm³/mol. The summed E-state index contributed by atoms with van der Waals surface area (Å²) in [4.78, 5) is 33.3. The highest BCUT2D eigenvalue weighted by Gasteiger charge is 2.42. The van der Waals surface area contributed by atoms with Crippen molar-refractivity contribution in [3.05, 3.63) is 47.6 Å². The van der Waals surface area contributed by atoms with Crippen molar-refractivity contribution in [2.45, 2.75) is 58.3 Å². The molecule has 0 spiro atoms. The SMILES string of the molecule is COc1cc(/C=C2\CCCN([C@@H]3CN(C(=O)OC(C)(C)C)C[C@@H]3O)C2=O)ccc1-n1cnc(C)c1. The maximum Gasteiger partial charge on any atom is 0.410 e. The first kappa shape index (κ1) is 24.8. The lowest BCUT2D eigenvalue weighted by molar-refractivity contribution is -0.132. The molecule has 0 unspecified atom stereocenters. The first-order chi connectivity index (χ1) is 16.6. The van der Waals surface area contributed by atoms with Gasteiger partial charge >= 0.3 is 6.09 Å². The third-order valence-electron chi connectivity index (χ3n) is 6.23. The van der Waals surface area contributed by atoms with Gasteiger partial charge < -0.3 is 28.9 Å². The monoisotopic (exact) mass is 482 g/mol. The van der Waals surface area contributed by atoms with Gasteiger partial charge in [0.05, 0.1) is 43.5 Å². The van der Waals surface area contributed by atoms with Gasteiger partial charge in [0.2, 0.25) is 5.91 Å². The number of hydrogen-bond acceptors (Lipinski definition) is 6. The van der Waals surface area contributed by atoms with Gasteiger partial charge in [-0.25, -0.2) is 9.78 Å². The second kappa shape index (κ2) is 9.73. The number of aromatic nitrogens is 2. The average Bonchev–Trinajstić information content (AvgIpc) is 3.39. The van der Waals surface area contributed by atoms with Crippen molar-refractivity contribution >= 4 is 18.1 Å². The van der Waals surface area contributed by atoms with Crippen LogP contribution in [0.3, 0.4) is 0 Å². The van der Waals surface area contributed by atoms with Gasteiger partial charge in [0.25, 0.3) is 0 Å². The molecule has 9 heteroatoms. The summed E-state index contributed by atoms with van der Waals surface area (Å²) < 4.78 is 12.9. The Morgan fingerprint density at radius 2 is 2.03 bits per heavy atom. The molecular formula is C26H34N4O5. The molecule has 2 atom stereocenters. The smallest absolute Gasteiger partial charge is 0.410 e. The molecule has 0 aliphatic carbocycles. The number of imidazole rings is 1. The zero-order valence-corrected chi connectivity index (χ0v) is 21.0. The number of rotatable bonds is 4. The van der Waals surface area contributed by atoms with Gasteiger partial charge in [-0.3, -0.25) is 4.79 Å². The van der Waals surface area contributed by atoms with E-state index in [0.29, 0.717) is 24.3 Å². The highest BCUT2D eigenvalue weighted by molar-refractivity contribution is 5.99. The largest absolute Gasteiger partial charge is 0.495 e. The van der Waals surface area contributed by atoms with Crippen LogP contribution in [-0.4, -0.2) is 80.9 Å². The Hall–Kier alpha value is -3.33. The normalized spacial score (nSPS) is 22.1. The van der Waals surface area contributed by atoms with Crippen LogP contribution in [0.5, 0.6) is 5.75 Å². The van der Waals surface area contributed by atoms with Crippen LogP contribution in [0.25, 0.3) is 11.8 Å². The van der Waals surface area contributed by atoms with Crippen LogP contribution >= 0.6 is 0 Å². The number of ether oxygens (including phenoxy) is 2. The molecule has 2 aliphatic heterocycles. The van der Waals surface area contributed by atoms with E-state index in [2.05, 4.69) is 4.98 Å². The van der Waals surface area contributed by atoms with E-state index in [1.807, 2.05) is 42.0 Å². The molecule has 0 bridgehead atoms. The molecule has 9 nitrogen and oxygen atoms in total. The van der Waals surface area contributed by atoms with Crippen LogP contribution in [-0.2, 0) is 9.53 Å². The van der Waals surface area contributed by atoms with Crippen LogP contribution in [0.4, 0.5) is 4.79 Å². The van der Waals surface area contributed by atoms with Gasteiger partial charge in [0.1, 0.15) is 11.4 Å². The van der Waals surface area contributed by atoms with E-state index >= 15 is 0 Å². The highest BCUT2D eigenvalue weighted by Crippen LogP contribution is 2.29. The van der Waals surface area contributed by atoms with Crippen molar-refractivity contribution in [1.82, 2.24) is 19.4 Å². The zero-order chi connectivity index (χ0) is 25.3. The first-order valence-corrected chi connectivity index (χ1v) is 11.9. The van der Waals surface area contributed by atoms with E-state index in [0.717, 1.165) is 23.4 Å². The van der Waals surface area contributed by atoms with Crippen LogP contribution in [0.15, 0.2) is 36.3 Å². The van der Waals surface area contributed by atoms with E-state index in [4.69, 9.17) is 9.47 Å². The van der Waals surface area contributed by atoms with E-state index in [1.54, 1.807) is 39.1 Å². The number of carbonyl (C=O) groups excluding carboxylic acids is 2. The fraction of sp³-hybridized carbons (Fsp3) is 0.500. The number of hydrogen-bond donors (Lipinski definition) is 1. The molecule has 188 valence electrons. The minimum Gasteiger partial charge on any atom is -0.495 e. The maximum absolute atomic E-state index is 13.4. The molecule has 3 heterocycles. The van der Waals surface area contributed by atoms with Gasteiger partial charge in [0, 0.05) is 24.9 Å². The first-order valence-electron chi connectivity index (χ1n) is 11.9. The lowest BCUT2D eigenvalue weighted by Gasteiger charge is -2.35. The molecule has 0 saturated carbocycles. The summed E-state index contributed by atoms with van der Waals surface area (Å²) in [7, 11) is 1.62. The van der Waals surface area contributed by atoms with Crippen molar-refractivity contribution in [3.63, 3.8) is 0 Å². The number of piperidine rings is 1. The van der Waals surface area contributed by atoms with E-state index in [9.17, 15) is 14.7 Å². The second-order valence-electron chi connectivity index (χ2n) is 10.1. The van der Waals surface area contributed by atoms with Gasteiger partial charge in [-0.15, -0.1) is 0 Å². The minimum atomic E-state index is -0.816. The Kier molecular flexibility index (Phi) is 6.89. The number of carbonyl (C=O) groups is 2. The van der Waals surface area contributed by atoms with Crippen molar-refractivity contribution < 1.29 is 24.2 Å². The number of likely N-dealkylation sites (tertiary alicyclic amines) is 2. The number of aliphatic hydroxyl groups is 1. The fourth-order valence-corrected chi connectivity index (χ4v) is 4.59. The van der Waals surface area contributed by atoms with Gasteiger partial charge in [-0.2, -0.15) is 0 Å². The van der Waals surface area contributed by atoms with E-state index in [1.165, 1.54) is 4.90 Å². The molecule has 2 saturated heterocycles. The molecule has 35 heavy (non-hydrogen) atoms. The Balaban J connectivity index is 1.51. The van der Waals surface area contributed by atoms with Crippen molar-refractivity contribution in [2.24, 2.45) is 0 Å². The Labute approximate surface area is 205 Å². The topological polar surface area (TPSA) is 97.1 Å². The van der Waals surface area contributed by atoms with Crippen LogP contribution < -0.4 is 4.74 Å². The highest BCUT2D eigenvalue weighted by atomic mass is 16.6. The molecule has 1 N–H and O–H groups in total. The fourth-order valence-electron chi connectivity index (χ4n) is 4.59. The van der Waals surface area contributed by atoms with E-state index in [-0.39, 0.29) is 19.0 Å². The van der Waals surface area contributed by atoms with Gasteiger partial charge in [0.15, 0.2) is 0 Å².